The Balaban J connectivity index is 1.41. The summed E-state index contributed by atoms with van der Waals surface area (Å²) >= 11 is 0. The molecule has 0 aromatic heterocycles. The second kappa shape index (κ2) is 11.2. The second-order valence-corrected chi connectivity index (χ2v) is 11.7. The maximum absolute atomic E-state index is 10.7. The van der Waals surface area contributed by atoms with Crippen LogP contribution in [0.5, 0.6) is 0 Å². The van der Waals surface area contributed by atoms with Crippen LogP contribution in [0.2, 0.25) is 0 Å². The Labute approximate surface area is 212 Å². The summed E-state index contributed by atoms with van der Waals surface area (Å²) < 4.78 is 22.9. The third-order valence-electron chi connectivity index (χ3n) is 8.81. The first-order chi connectivity index (χ1) is 16.9. The quantitative estimate of drug-likeness (QED) is 0.270. The molecule has 4 aliphatic rings. The van der Waals surface area contributed by atoms with Crippen LogP contribution in [0.25, 0.3) is 0 Å². The van der Waals surface area contributed by atoms with Crippen molar-refractivity contribution in [2.45, 2.75) is 121 Å². The number of aliphatic hydroxyl groups excluding tert-OH is 6. The van der Waals surface area contributed by atoms with Crippen LogP contribution in [0.15, 0.2) is 11.1 Å². The van der Waals surface area contributed by atoms with Crippen molar-refractivity contribution >= 4 is 0 Å². The molecule has 2 fully saturated rings. The van der Waals surface area contributed by atoms with Gasteiger partial charge >= 0.3 is 0 Å². The molecule has 36 heavy (non-hydrogen) atoms. The molecule has 10 heteroatoms. The molecule has 0 bridgehead atoms. The van der Waals surface area contributed by atoms with Crippen molar-refractivity contribution in [3.05, 3.63) is 11.1 Å². The molecule has 0 aromatic carbocycles. The second-order valence-electron chi connectivity index (χ2n) is 11.7. The van der Waals surface area contributed by atoms with Gasteiger partial charge in [-0.15, -0.1) is 0 Å². The maximum Gasteiger partial charge on any atom is 0.187 e. The monoisotopic (exact) mass is 516 g/mol. The highest BCUT2D eigenvalue weighted by Gasteiger charge is 2.48. The molecule has 208 valence electrons. The van der Waals surface area contributed by atoms with Gasteiger partial charge in [0.25, 0.3) is 0 Å². The van der Waals surface area contributed by atoms with E-state index in [2.05, 4.69) is 13.8 Å². The average Bonchev–Trinajstić information content (AvgIpc) is 3.10. The summed E-state index contributed by atoms with van der Waals surface area (Å²) in [6.07, 6.45) is -6.84. The lowest BCUT2D eigenvalue weighted by Gasteiger charge is -2.45. The van der Waals surface area contributed by atoms with E-state index in [4.69, 9.17) is 18.9 Å². The van der Waals surface area contributed by atoms with Gasteiger partial charge < -0.3 is 49.6 Å². The van der Waals surface area contributed by atoms with E-state index in [0.717, 1.165) is 25.7 Å². The van der Waals surface area contributed by atoms with Crippen LogP contribution in [0.1, 0.15) is 59.8 Å². The van der Waals surface area contributed by atoms with Gasteiger partial charge in [0.1, 0.15) is 42.7 Å². The Bertz CT molecular complexity index is 787. The van der Waals surface area contributed by atoms with Gasteiger partial charge in [0.2, 0.25) is 0 Å². The van der Waals surface area contributed by atoms with Crippen molar-refractivity contribution in [3.63, 3.8) is 0 Å². The summed E-state index contributed by atoms with van der Waals surface area (Å²) in [6, 6.07) is 0. The van der Waals surface area contributed by atoms with Crippen molar-refractivity contribution in [1.82, 2.24) is 0 Å². The molecular formula is C26H44O10. The Morgan fingerprint density at radius 2 is 1.47 bits per heavy atom. The van der Waals surface area contributed by atoms with Crippen molar-refractivity contribution in [1.29, 1.82) is 0 Å². The van der Waals surface area contributed by atoms with Crippen LogP contribution >= 0.6 is 0 Å². The summed E-state index contributed by atoms with van der Waals surface area (Å²) in [4.78, 5) is 0. The highest BCUT2D eigenvalue weighted by Crippen LogP contribution is 2.47. The fraction of sp³-hybridized carbons (Fsp3) is 0.923. The first kappa shape index (κ1) is 28.4. The molecule has 10 nitrogen and oxygen atoms in total. The SMILES string of the molecule is C[C@@H]1CC[C@@H](C(C)(C)O[C@@H]2O[C@H](CO[C@@H]3OC[C@@H](O)[C@H](O)[C@H]3O)[C@@H](O)[C@H](O)[C@H]2O)CC2=C1CC[C@H]2C. The fourth-order valence-corrected chi connectivity index (χ4v) is 6.17. The molecule has 0 aromatic rings. The largest absolute Gasteiger partial charge is 0.388 e. The van der Waals surface area contributed by atoms with Crippen molar-refractivity contribution in [3.8, 4) is 0 Å². The first-order valence-corrected chi connectivity index (χ1v) is 13.3. The van der Waals surface area contributed by atoms with Crippen LogP contribution in [0.4, 0.5) is 0 Å². The minimum Gasteiger partial charge on any atom is -0.388 e. The number of rotatable bonds is 6. The molecule has 0 unspecified atom stereocenters. The van der Waals surface area contributed by atoms with Gasteiger partial charge in [-0.1, -0.05) is 25.0 Å². The fourth-order valence-electron chi connectivity index (χ4n) is 6.17. The predicted octanol–water partition coefficient (Wildman–Crippen LogP) is 0.208. The molecular weight excluding hydrogens is 472 g/mol. The smallest absolute Gasteiger partial charge is 0.187 e. The van der Waals surface area contributed by atoms with Gasteiger partial charge in [0, 0.05) is 0 Å². The average molecular weight is 517 g/mol. The molecule has 6 N–H and O–H groups in total. The van der Waals surface area contributed by atoms with Crippen molar-refractivity contribution < 1.29 is 49.6 Å². The zero-order chi connectivity index (χ0) is 26.4. The Kier molecular flexibility index (Phi) is 8.83. The highest BCUT2D eigenvalue weighted by molar-refractivity contribution is 5.26. The summed E-state index contributed by atoms with van der Waals surface area (Å²) in [5.74, 6) is 1.31. The van der Waals surface area contributed by atoms with Crippen LogP contribution in [-0.2, 0) is 18.9 Å². The molecule has 2 aliphatic carbocycles. The lowest BCUT2D eigenvalue weighted by atomic mass is 9.81. The molecule has 0 amide bonds. The Morgan fingerprint density at radius 1 is 0.806 bits per heavy atom. The van der Waals surface area contributed by atoms with Gasteiger partial charge in [-0.3, -0.25) is 0 Å². The van der Waals surface area contributed by atoms with E-state index in [1.165, 1.54) is 12.0 Å². The van der Waals surface area contributed by atoms with E-state index in [1.54, 1.807) is 5.57 Å². The zero-order valence-corrected chi connectivity index (χ0v) is 21.7. The molecule has 2 heterocycles. The number of allylic oxidation sites excluding steroid dienone is 2. The molecule has 0 spiro atoms. The van der Waals surface area contributed by atoms with Gasteiger partial charge in [0.15, 0.2) is 12.6 Å². The van der Waals surface area contributed by atoms with E-state index >= 15 is 0 Å². The third-order valence-corrected chi connectivity index (χ3v) is 8.81. The standard InChI is InChI=1S/C26H44O10/c1-12-5-7-14(9-16-13(2)6-8-15(12)16)26(3,4)36-25-23(32)21(30)20(29)18(35-25)11-34-24-22(31)19(28)17(27)10-33-24/h12-14,17-25,27-32H,5-11H2,1-4H3/t12-,13-,14-,17-,18-,19+,20-,21+,22-,23-,24+,25+/m1/s1. The van der Waals surface area contributed by atoms with Crippen LogP contribution < -0.4 is 0 Å². The van der Waals surface area contributed by atoms with Crippen LogP contribution in [0, 0.1) is 17.8 Å². The van der Waals surface area contributed by atoms with Gasteiger partial charge in [-0.25, -0.2) is 0 Å². The predicted molar refractivity (Wildman–Crippen MR) is 127 cm³/mol. The molecule has 12 atom stereocenters. The van der Waals surface area contributed by atoms with E-state index < -0.39 is 60.9 Å². The van der Waals surface area contributed by atoms with Gasteiger partial charge in [-0.05, 0) is 63.7 Å². The topological polar surface area (TPSA) is 158 Å². The summed E-state index contributed by atoms with van der Waals surface area (Å²) in [5.41, 5.74) is 2.45. The minimum atomic E-state index is -1.53. The van der Waals surface area contributed by atoms with Crippen molar-refractivity contribution in [2.24, 2.45) is 17.8 Å². The summed E-state index contributed by atoms with van der Waals surface area (Å²) in [7, 11) is 0. The number of hydrogen-bond acceptors (Lipinski definition) is 10. The Hall–Kier alpha value is -0.660. The highest BCUT2D eigenvalue weighted by atomic mass is 16.7. The number of aliphatic hydroxyl groups is 6. The van der Waals surface area contributed by atoms with Crippen LogP contribution in [-0.4, -0.2) is 105 Å². The minimum absolute atomic E-state index is 0.196. The van der Waals surface area contributed by atoms with E-state index in [1.807, 2.05) is 13.8 Å². The van der Waals surface area contributed by atoms with E-state index in [9.17, 15) is 30.6 Å². The lowest BCUT2D eigenvalue weighted by molar-refractivity contribution is -0.340. The molecule has 0 saturated carbocycles. The normalized spacial score (nSPS) is 46.5. The zero-order valence-electron chi connectivity index (χ0n) is 21.7. The van der Waals surface area contributed by atoms with E-state index in [0.29, 0.717) is 11.8 Å². The third kappa shape index (κ3) is 5.68. The molecule has 4 rings (SSSR count). The lowest BCUT2D eigenvalue weighted by Crippen LogP contribution is -2.61. The summed E-state index contributed by atoms with van der Waals surface area (Å²) in [6.45, 7) is 8.01. The molecule has 0 radical (unpaired) electrons. The van der Waals surface area contributed by atoms with Gasteiger partial charge in [0.05, 0.1) is 18.8 Å². The first-order valence-electron chi connectivity index (χ1n) is 13.3. The van der Waals surface area contributed by atoms with Crippen molar-refractivity contribution in [2.75, 3.05) is 13.2 Å². The van der Waals surface area contributed by atoms with E-state index in [-0.39, 0.29) is 19.1 Å². The number of ether oxygens (including phenoxy) is 4. The Morgan fingerprint density at radius 3 is 2.19 bits per heavy atom. The summed E-state index contributed by atoms with van der Waals surface area (Å²) in [5, 5.41) is 61.2. The maximum atomic E-state index is 10.7. The number of hydrogen-bond donors (Lipinski definition) is 6. The molecule has 2 saturated heterocycles. The van der Waals surface area contributed by atoms with Crippen LogP contribution in [0.3, 0.4) is 0 Å². The molecule has 2 aliphatic heterocycles. The van der Waals surface area contributed by atoms with Gasteiger partial charge in [-0.2, -0.15) is 0 Å².